The fraction of sp³-hybridized carbons (Fsp3) is 0.688. The molecule has 1 aliphatic heterocycles. The summed E-state index contributed by atoms with van der Waals surface area (Å²) in [5, 5.41) is 2.97. The second kappa shape index (κ2) is 8.94. The van der Waals surface area contributed by atoms with Gasteiger partial charge in [-0.15, -0.1) is 11.3 Å². The van der Waals surface area contributed by atoms with Gasteiger partial charge in [0.15, 0.2) is 0 Å². The molecule has 9 heteroatoms. The molecule has 0 aliphatic carbocycles. The van der Waals surface area contributed by atoms with E-state index in [2.05, 4.69) is 21.2 Å². The molecule has 2 heterocycles. The van der Waals surface area contributed by atoms with Crippen molar-refractivity contribution < 1.29 is 13.2 Å². The van der Waals surface area contributed by atoms with Crippen molar-refractivity contribution in [2.75, 3.05) is 40.3 Å². The number of carbonyl (C=O) groups is 1. The summed E-state index contributed by atoms with van der Waals surface area (Å²) in [7, 11) is 0.522. The molecule has 1 aromatic heterocycles. The summed E-state index contributed by atoms with van der Waals surface area (Å²) in [6, 6.07) is 3.39. The van der Waals surface area contributed by atoms with E-state index in [1.54, 1.807) is 16.4 Å². The number of likely N-dealkylation sites (N-methyl/N-ethyl adjacent to an activating group) is 1. The Morgan fingerprint density at radius 1 is 1.40 bits per heavy atom. The van der Waals surface area contributed by atoms with Crippen LogP contribution in [-0.4, -0.2) is 63.8 Å². The molecule has 0 unspecified atom stereocenters. The summed E-state index contributed by atoms with van der Waals surface area (Å²) in [4.78, 5) is 14.3. The van der Waals surface area contributed by atoms with E-state index in [9.17, 15) is 13.2 Å². The van der Waals surface area contributed by atoms with Crippen LogP contribution in [-0.2, 0) is 14.8 Å². The van der Waals surface area contributed by atoms with E-state index in [-0.39, 0.29) is 17.7 Å². The van der Waals surface area contributed by atoms with Crippen LogP contribution >= 0.6 is 27.3 Å². The predicted molar refractivity (Wildman–Crippen MR) is 104 cm³/mol. The maximum atomic E-state index is 12.6. The van der Waals surface area contributed by atoms with Crippen LogP contribution in [0.4, 0.5) is 0 Å². The summed E-state index contributed by atoms with van der Waals surface area (Å²) < 4.78 is 28.0. The molecule has 25 heavy (non-hydrogen) atoms. The Balaban J connectivity index is 1.87. The summed E-state index contributed by atoms with van der Waals surface area (Å²) in [6.07, 6.45) is 1.43. The third kappa shape index (κ3) is 5.50. The van der Waals surface area contributed by atoms with Gasteiger partial charge in [-0.2, -0.15) is 4.31 Å². The highest BCUT2D eigenvalue weighted by molar-refractivity contribution is 9.11. The van der Waals surface area contributed by atoms with E-state index in [1.807, 2.05) is 25.9 Å². The highest BCUT2D eigenvalue weighted by Crippen LogP contribution is 2.32. The first-order valence-electron chi connectivity index (χ1n) is 8.39. The van der Waals surface area contributed by atoms with Gasteiger partial charge >= 0.3 is 0 Å². The Labute approximate surface area is 162 Å². The third-order valence-corrected chi connectivity index (χ3v) is 8.61. The molecule has 0 aromatic carbocycles. The molecule has 0 spiro atoms. The Kier molecular flexibility index (Phi) is 7.45. The maximum absolute atomic E-state index is 12.6. The number of amides is 1. The van der Waals surface area contributed by atoms with Gasteiger partial charge in [-0.3, -0.25) is 4.79 Å². The van der Waals surface area contributed by atoms with Crippen LogP contribution in [0, 0.1) is 11.8 Å². The number of nitrogens with one attached hydrogen (secondary N) is 1. The van der Waals surface area contributed by atoms with Gasteiger partial charge in [-0.25, -0.2) is 8.42 Å². The molecule has 6 nitrogen and oxygen atoms in total. The molecule has 1 saturated heterocycles. The van der Waals surface area contributed by atoms with Crippen molar-refractivity contribution in [3.63, 3.8) is 0 Å². The predicted octanol–water partition coefficient (Wildman–Crippen LogP) is 2.23. The molecule has 1 atom stereocenters. The minimum atomic E-state index is -3.42. The van der Waals surface area contributed by atoms with Gasteiger partial charge in [-0.05, 0) is 60.9 Å². The number of piperidine rings is 1. The van der Waals surface area contributed by atoms with Gasteiger partial charge in [0.25, 0.3) is 10.0 Å². The molecule has 2 rings (SSSR count). The SMILES string of the molecule is C[C@H](C(=O)NCCN(C)C)C1CCN(S(=O)(=O)c2ccc(Br)s2)CC1. The number of rotatable bonds is 7. The molecule has 0 bridgehead atoms. The lowest BCUT2D eigenvalue weighted by atomic mass is 9.85. The normalized spacial score (nSPS) is 18.4. The van der Waals surface area contributed by atoms with E-state index in [0.29, 0.717) is 36.7 Å². The zero-order valence-corrected chi connectivity index (χ0v) is 18.1. The first-order valence-corrected chi connectivity index (χ1v) is 11.4. The van der Waals surface area contributed by atoms with Crippen LogP contribution in [0.25, 0.3) is 0 Å². The lowest BCUT2D eigenvalue weighted by Gasteiger charge is -2.33. The molecule has 0 saturated carbocycles. The molecular formula is C16H26BrN3O3S2. The van der Waals surface area contributed by atoms with Crippen LogP contribution in [0.15, 0.2) is 20.1 Å². The van der Waals surface area contributed by atoms with Gasteiger partial charge < -0.3 is 10.2 Å². The van der Waals surface area contributed by atoms with E-state index in [0.717, 1.165) is 10.3 Å². The zero-order valence-electron chi connectivity index (χ0n) is 14.9. The van der Waals surface area contributed by atoms with Gasteiger partial charge in [0, 0.05) is 32.1 Å². The van der Waals surface area contributed by atoms with Crippen molar-refractivity contribution in [3.05, 3.63) is 15.9 Å². The Morgan fingerprint density at radius 2 is 2.04 bits per heavy atom. The summed E-state index contributed by atoms with van der Waals surface area (Å²) in [5.74, 6) is 0.189. The minimum Gasteiger partial charge on any atom is -0.355 e. The molecular weight excluding hydrogens is 426 g/mol. The molecule has 0 radical (unpaired) electrons. The van der Waals surface area contributed by atoms with E-state index < -0.39 is 10.0 Å². The number of hydrogen-bond donors (Lipinski definition) is 1. The van der Waals surface area contributed by atoms with Crippen molar-refractivity contribution in [3.8, 4) is 0 Å². The summed E-state index contributed by atoms with van der Waals surface area (Å²) >= 11 is 4.54. The van der Waals surface area contributed by atoms with Crippen LogP contribution in [0.2, 0.25) is 0 Å². The first-order chi connectivity index (χ1) is 11.7. The number of hydrogen-bond acceptors (Lipinski definition) is 5. The standard InChI is InChI=1S/C16H26BrN3O3S2/c1-12(16(21)18-8-11-19(2)3)13-6-9-20(10-7-13)25(22,23)15-5-4-14(17)24-15/h4-5,12-13H,6-11H2,1-3H3,(H,18,21)/t12-/m0/s1. The monoisotopic (exact) mass is 451 g/mol. The van der Waals surface area contributed by atoms with Crippen molar-refractivity contribution in [1.29, 1.82) is 0 Å². The number of thiophene rings is 1. The smallest absolute Gasteiger partial charge is 0.252 e. The Morgan fingerprint density at radius 3 is 2.56 bits per heavy atom. The van der Waals surface area contributed by atoms with Crippen molar-refractivity contribution in [2.45, 2.75) is 24.0 Å². The lowest BCUT2D eigenvalue weighted by molar-refractivity contribution is -0.126. The van der Waals surface area contributed by atoms with Crippen LogP contribution in [0.3, 0.4) is 0 Å². The largest absolute Gasteiger partial charge is 0.355 e. The minimum absolute atomic E-state index is 0.0605. The maximum Gasteiger partial charge on any atom is 0.252 e. The van der Waals surface area contributed by atoms with E-state index in [1.165, 1.54) is 11.3 Å². The lowest BCUT2D eigenvalue weighted by Crippen LogP contribution is -2.43. The fourth-order valence-electron chi connectivity index (χ4n) is 2.96. The van der Waals surface area contributed by atoms with Crippen molar-refractivity contribution >= 4 is 43.2 Å². The van der Waals surface area contributed by atoms with Crippen molar-refractivity contribution in [1.82, 2.24) is 14.5 Å². The molecule has 1 aliphatic rings. The zero-order chi connectivity index (χ0) is 18.6. The van der Waals surface area contributed by atoms with Gasteiger partial charge in [0.05, 0.1) is 3.79 Å². The highest BCUT2D eigenvalue weighted by Gasteiger charge is 2.33. The Hall–Kier alpha value is -0.480. The third-order valence-electron chi connectivity index (χ3n) is 4.62. The number of halogens is 1. The molecule has 1 N–H and O–H groups in total. The van der Waals surface area contributed by atoms with Gasteiger partial charge in [0.1, 0.15) is 4.21 Å². The summed E-state index contributed by atoms with van der Waals surface area (Å²) in [5.41, 5.74) is 0. The molecule has 142 valence electrons. The van der Waals surface area contributed by atoms with Gasteiger partial charge in [-0.1, -0.05) is 6.92 Å². The molecule has 1 aromatic rings. The van der Waals surface area contributed by atoms with Crippen molar-refractivity contribution in [2.24, 2.45) is 11.8 Å². The number of sulfonamides is 1. The van der Waals surface area contributed by atoms with E-state index >= 15 is 0 Å². The first kappa shape index (κ1) is 20.8. The molecule has 1 amide bonds. The van der Waals surface area contributed by atoms with Crippen LogP contribution in [0.5, 0.6) is 0 Å². The average Bonchev–Trinajstić information content (AvgIpc) is 3.01. The van der Waals surface area contributed by atoms with Crippen LogP contribution in [0.1, 0.15) is 19.8 Å². The summed E-state index contributed by atoms with van der Waals surface area (Å²) in [6.45, 7) is 4.33. The Bertz CT molecular complexity index is 683. The quantitative estimate of drug-likeness (QED) is 0.689. The number of nitrogens with zero attached hydrogens (tertiary/aromatic N) is 2. The highest BCUT2D eigenvalue weighted by atomic mass is 79.9. The second-order valence-corrected chi connectivity index (χ2v) is 11.3. The number of carbonyl (C=O) groups excluding carboxylic acids is 1. The topological polar surface area (TPSA) is 69.7 Å². The fourth-order valence-corrected chi connectivity index (χ4v) is 6.59. The average molecular weight is 452 g/mol. The van der Waals surface area contributed by atoms with Crippen LogP contribution < -0.4 is 5.32 Å². The molecule has 1 fully saturated rings. The van der Waals surface area contributed by atoms with Gasteiger partial charge in [0.2, 0.25) is 5.91 Å². The second-order valence-electron chi connectivity index (χ2n) is 6.68. The van der Waals surface area contributed by atoms with E-state index in [4.69, 9.17) is 0 Å².